The number of aliphatic hydroxyl groups excluding tert-OH is 1. The van der Waals surface area contributed by atoms with E-state index in [9.17, 15) is 4.79 Å². The summed E-state index contributed by atoms with van der Waals surface area (Å²) in [6.07, 6.45) is 0.422. The summed E-state index contributed by atoms with van der Waals surface area (Å²) >= 11 is 0. The Morgan fingerprint density at radius 1 is 1.30 bits per heavy atom. The molecule has 0 spiro atoms. The number of amides is 1. The number of rotatable bonds is 8. The second kappa shape index (κ2) is 8.39. The van der Waals surface area contributed by atoms with Crippen LogP contribution in [0.2, 0.25) is 0 Å². The third-order valence-electron chi connectivity index (χ3n) is 2.83. The topological polar surface area (TPSA) is 77.0 Å². The van der Waals surface area contributed by atoms with Gasteiger partial charge in [-0.05, 0) is 18.6 Å². The monoisotopic (exact) mass is 283 g/mol. The van der Waals surface area contributed by atoms with Gasteiger partial charge < -0.3 is 24.6 Å². The largest absolute Gasteiger partial charge is 0.493 e. The molecule has 112 valence electrons. The van der Waals surface area contributed by atoms with Crippen molar-refractivity contribution in [1.82, 2.24) is 5.32 Å². The van der Waals surface area contributed by atoms with Gasteiger partial charge in [-0.3, -0.25) is 4.79 Å². The predicted octanol–water partition coefficient (Wildman–Crippen LogP) is 0.831. The first kappa shape index (κ1) is 16.3. The number of hydrogen-bond donors (Lipinski definition) is 2. The number of carbonyl (C=O) groups is 1. The fourth-order valence-corrected chi connectivity index (χ4v) is 1.88. The fraction of sp³-hybridized carbons (Fsp3) is 0.500. The normalized spacial score (nSPS) is 11.8. The Balaban J connectivity index is 2.90. The van der Waals surface area contributed by atoms with Crippen molar-refractivity contribution < 1.29 is 24.1 Å². The van der Waals surface area contributed by atoms with Crippen LogP contribution in [0.1, 0.15) is 16.8 Å². The number of aliphatic hydroxyl groups is 1. The maximum Gasteiger partial charge on any atom is 0.255 e. The van der Waals surface area contributed by atoms with Gasteiger partial charge in [0.05, 0.1) is 32.4 Å². The number of ether oxygens (including phenoxy) is 3. The minimum Gasteiger partial charge on any atom is -0.493 e. The third-order valence-corrected chi connectivity index (χ3v) is 2.83. The molecule has 1 aromatic rings. The number of benzene rings is 1. The molecular weight excluding hydrogens is 262 g/mol. The number of nitrogens with one attached hydrogen (secondary N) is 1. The molecule has 1 atom stereocenters. The summed E-state index contributed by atoms with van der Waals surface area (Å²) in [5, 5.41) is 11.8. The van der Waals surface area contributed by atoms with Gasteiger partial charge in [0.15, 0.2) is 11.5 Å². The summed E-state index contributed by atoms with van der Waals surface area (Å²) < 4.78 is 15.4. The average molecular weight is 283 g/mol. The van der Waals surface area contributed by atoms with E-state index in [0.29, 0.717) is 30.1 Å². The molecule has 0 aliphatic carbocycles. The van der Waals surface area contributed by atoms with Gasteiger partial charge in [0.1, 0.15) is 0 Å². The van der Waals surface area contributed by atoms with E-state index < -0.39 is 0 Å². The molecule has 0 bridgehead atoms. The molecule has 0 heterocycles. The summed E-state index contributed by atoms with van der Waals surface area (Å²) in [6, 6.07) is 4.83. The van der Waals surface area contributed by atoms with E-state index in [2.05, 4.69) is 5.32 Å². The van der Waals surface area contributed by atoms with Crippen molar-refractivity contribution in [2.45, 2.75) is 12.5 Å². The number of carbonyl (C=O) groups excluding carboxylic acids is 1. The van der Waals surface area contributed by atoms with Crippen LogP contribution in [0.25, 0.3) is 0 Å². The number of hydrogen-bond acceptors (Lipinski definition) is 5. The molecule has 1 unspecified atom stereocenters. The molecule has 1 amide bonds. The highest BCUT2D eigenvalue weighted by atomic mass is 16.5. The lowest BCUT2D eigenvalue weighted by Gasteiger charge is -2.18. The standard InChI is InChI=1S/C14H21NO5/c1-18-9-10(7-8-16)15-14(17)11-5-4-6-12(19-2)13(11)20-3/h4-6,10,16H,7-9H2,1-3H3,(H,15,17). The Morgan fingerprint density at radius 3 is 2.60 bits per heavy atom. The van der Waals surface area contributed by atoms with Gasteiger partial charge in [-0.2, -0.15) is 0 Å². The van der Waals surface area contributed by atoms with Crippen LogP contribution in [0.5, 0.6) is 11.5 Å². The van der Waals surface area contributed by atoms with Crippen molar-refractivity contribution in [2.75, 3.05) is 34.5 Å². The minimum atomic E-state index is -0.295. The first-order valence-electron chi connectivity index (χ1n) is 6.29. The average Bonchev–Trinajstić information content (AvgIpc) is 2.46. The van der Waals surface area contributed by atoms with Gasteiger partial charge in [0.25, 0.3) is 5.91 Å². The Hall–Kier alpha value is -1.79. The van der Waals surface area contributed by atoms with Crippen molar-refractivity contribution in [3.05, 3.63) is 23.8 Å². The fourth-order valence-electron chi connectivity index (χ4n) is 1.88. The van der Waals surface area contributed by atoms with Crippen molar-refractivity contribution in [3.63, 3.8) is 0 Å². The maximum absolute atomic E-state index is 12.3. The number of para-hydroxylation sites is 1. The van der Waals surface area contributed by atoms with Crippen molar-refractivity contribution in [2.24, 2.45) is 0 Å². The van der Waals surface area contributed by atoms with Crippen LogP contribution in [-0.2, 0) is 4.74 Å². The second-order valence-electron chi connectivity index (χ2n) is 4.18. The molecular formula is C14H21NO5. The summed E-state index contributed by atoms with van der Waals surface area (Å²) in [7, 11) is 4.54. The Bertz CT molecular complexity index is 430. The molecule has 6 heteroatoms. The van der Waals surface area contributed by atoms with Gasteiger partial charge in [-0.1, -0.05) is 6.07 Å². The van der Waals surface area contributed by atoms with Crippen LogP contribution in [0, 0.1) is 0 Å². The molecule has 0 fully saturated rings. The van der Waals surface area contributed by atoms with Gasteiger partial charge in [-0.15, -0.1) is 0 Å². The van der Waals surface area contributed by atoms with Crippen LogP contribution in [0.4, 0.5) is 0 Å². The molecule has 1 rings (SSSR count). The Morgan fingerprint density at radius 2 is 2.05 bits per heavy atom. The molecule has 0 saturated heterocycles. The van der Waals surface area contributed by atoms with Crippen LogP contribution >= 0.6 is 0 Å². The predicted molar refractivity (Wildman–Crippen MR) is 74.4 cm³/mol. The molecule has 20 heavy (non-hydrogen) atoms. The Labute approximate surface area is 118 Å². The van der Waals surface area contributed by atoms with E-state index in [0.717, 1.165) is 0 Å². The third kappa shape index (κ3) is 4.11. The van der Waals surface area contributed by atoms with Gasteiger partial charge >= 0.3 is 0 Å². The lowest BCUT2D eigenvalue weighted by atomic mass is 10.1. The summed E-state index contributed by atoms with van der Waals surface area (Å²) in [5.41, 5.74) is 0.380. The van der Waals surface area contributed by atoms with E-state index in [-0.39, 0.29) is 18.6 Å². The molecule has 6 nitrogen and oxygen atoms in total. The second-order valence-corrected chi connectivity index (χ2v) is 4.18. The first-order valence-corrected chi connectivity index (χ1v) is 6.29. The van der Waals surface area contributed by atoms with Gasteiger partial charge in [0, 0.05) is 13.7 Å². The first-order chi connectivity index (χ1) is 9.67. The smallest absolute Gasteiger partial charge is 0.255 e. The minimum absolute atomic E-state index is 0.0243. The zero-order valence-electron chi connectivity index (χ0n) is 12.0. The zero-order valence-corrected chi connectivity index (χ0v) is 12.0. The summed E-state index contributed by atoms with van der Waals surface area (Å²) in [4.78, 5) is 12.3. The lowest BCUT2D eigenvalue weighted by molar-refractivity contribution is 0.0875. The van der Waals surface area contributed by atoms with Crippen LogP contribution in [-0.4, -0.2) is 51.6 Å². The maximum atomic E-state index is 12.3. The SMILES string of the molecule is COCC(CCO)NC(=O)c1cccc(OC)c1OC. The summed E-state index contributed by atoms with van der Waals surface area (Å²) in [5.74, 6) is 0.578. The van der Waals surface area contributed by atoms with Crippen LogP contribution < -0.4 is 14.8 Å². The molecule has 0 aliphatic heterocycles. The molecule has 0 aromatic heterocycles. The highest BCUT2D eigenvalue weighted by Crippen LogP contribution is 2.30. The van der Waals surface area contributed by atoms with E-state index in [1.807, 2.05) is 0 Å². The Kier molecular flexibility index (Phi) is 6.83. The molecule has 2 N–H and O–H groups in total. The lowest BCUT2D eigenvalue weighted by Crippen LogP contribution is -2.38. The van der Waals surface area contributed by atoms with E-state index >= 15 is 0 Å². The molecule has 0 radical (unpaired) electrons. The molecule has 1 aromatic carbocycles. The van der Waals surface area contributed by atoms with E-state index in [1.54, 1.807) is 25.3 Å². The highest BCUT2D eigenvalue weighted by Gasteiger charge is 2.19. The highest BCUT2D eigenvalue weighted by molar-refractivity contribution is 5.98. The van der Waals surface area contributed by atoms with Gasteiger partial charge in [-0.25, -0.2) is 0 Å². The molecule has 0 aliphatic rings. The van der Waals surface area contributed by atoms with Crippen molar-refractivity contribution >= 4 is 5.91 Å². The van der Waals surface area contributed by atoms with Crippen LogP contribution in [0.3, 0.4) is 0 Å². The van der Waals surface area contributed by atoms with E-state index in [4.69, 9.17) is 19.3 Å². The number of methoxy groups -OCH3 is 3. The zero-order chi connectivity index (χ0) is 15.0. The quantitative estimate of drug-likeness (QED) is 0.739. The van der Waals surface area contributed by atoms with Crippen LogP contribution in [0.15, 0.2) is 18.2 Å². The van der Waals surface area contributed by atoms with E-state index in [1.165, 1.54) is 14.2 Å². The molecule has 0 saturated carbocycles. The van der Waals surface area contributed by atoms with Gasteiger partial charge in [0.2, 0.25) is 0 Å². The summed E-state index contributed by atoms with van der Waals surface area (Å²) in [6.45, 7) is 0.308. The van der Waals surface area contributed by atoms with Crippen molar-refractivity contribution in [3.8, 4) is 11.5 Å². The van der Waals surface area contributed by atoms with Crippen molar-refractivity contribution in [1.29, 1.82) is 0 Å².